The molecule has 0 amide bonds. The first-order chi connectivity index (χ1) is 11.6. The highest BCUT2D eigenvalue weighted by Gasteiger charge is 2.59. The minimum absolute atomic E-state index is 0.0315. The van der Waals surface area contributed by atoms with Gasteiger partial charge in [-0.25, -0.2) is 0 Å². The fourth-order valence-corrected chi connectivity index (χ4v) is 7.92. The third-order valence-electron chi connectivity index (χ3n) is 9.43. The van der Waals surface area contributed by atoms with E-state index < -0.39 is 0 Å². The zero-order chi connectivity index (χ0) is 16.5. The molecule has 1 N–H and O–H groups in total. The quantitative estimate of drug-likeness (QED) is 0.681. The maximum Gasteiger partial charge on any atom is 0.145 e. The summed E-state index contributed by atoms with van der Waals surface area (Å²) in [5.74, 6) is 4.92. The lowest BCUT2D eigenvalue weighted by Gasteiger charge is -2.59. The molecule has 4 saturated carbocycles. The van der Waals surface area contributed by atoms with E-state index in [1.807, 2.05) is 0 Å². The average Bonchev–Trinajstić information content (AvgIpc) is 3.40. The van der Waals surface area contributed by atoms with Gasteiger partial charge in [-0.1, -0.05) is 13.8 Å². The molecule has 0 aromatic rings. The van der Waals surface area contributed by atoms with Gasteiger partial charge in [0.15, 0.2) is 0 Å². The molecule has 0 aromatic heterocycles. The molecule has 134 valence electrons. The molecule has 1 aliphatic heterocycles. The van der Waals surface area contributed by atoms with E-state index >= 15 is 0 Å². The number of epoxide rings is 1. The van der Waals surface area contributed by atoms with Crippen molar-refractivity contribution in [1.29, 1.82) is 0 Å². The highest BCUT2D eigenvalue weighted by Crippen LogP contribution is 2.66. The minimum Gasteiger partial charge on any atom is -0.486 e. The summed E-state index contributed by atoms with van der Waals surface area (Å²) in [6.45, 7) is 5.77. The molecule has 1 saturated heterocycles. The van der Waals surface area contributed by atoms with Crippen molar-refractivity contribution < 1.29 is 9.84 Å². The summed E-state index contributed by atoms with van der Waals surface area (Å²) in [6.07, 6.45) is 13.2. The first-order valence-electron chi connectivity index (χ1n) is 10.6. The SMILES string of the molecule is CC[C@]12CCC3C(CC[C@]4(C)C(O)CCC34)C1CCC(=C1CO1)C2. The zero-order valence-electron chi connectivity index (χ0n) is 15.5. The van der Waals surface area contributed by atoms with Crippen LogP contribution in [0.3, 0.4) is 0 Å². The van der Waals surface area contributed by atoms with Crippen LogP contribution in [0.4, 0.5) is 0 Å². The van der Waals surface area contributed by atoms with Crippen molar-refractivity contribution in [3.05, 3.63) is 11.3 Å². The van der Waals surface area contributed by atoms with Crippen LogP contribution >= 0.6 is 0 Å². The molecule has 5 rings (SSSR count). The second kappa shape index (κ2) is 5.25. The van der Waals surface area contributed by atoms with Crippen LogP contribution in [0.5, 0.6) is 0 Å². The molecular weight excluding hydrogens is 296 g/mol. The number of rotatable bonds is 1. The average molecular weight is 331 g/mol. The van der Waals surface area contributed by atoms with Gasteiger partial charge in [-0.3, -0.25) is 0 Å². The Kier molecular flexibility index (Phi) is 3.44. The number of aliphatic hydroxyl groups is 1. The second-order valence-corrected chi connectivity index (χ2v) is 9.96. The zero-order valence-corrected chi connectivity index (χ0v) is 15.5. The van der Waals surface area contributed by atoms with E-state index in [2.05, 4.69) is 13.8 Å². The van der Waals surface area contributed by atoms with Gasteiger partial charge >= 0.3 is 0 Å². The standard InChI is InChI=1S/C22H34O2/c1-3-22-11-9-15-16(8-10-21(2)17(15)6-7-20(21)23)18(22)5-4-14(12-22)19-13-24-19/h15-18,20,23H,3-13H2,1-2H3/t15?,16?,17?,18?,20?,21-,22+/m0/s1. The monoisotopic (exact) mass is 330 g/mol. The van der Waals surface area contributed by atoms with Gasteiger partial charge in [-0.2, -0.15) is 0 Å². The normalized spacial score (nSPS) is 56.0. The van der Waals surface area contributed by atoms with Crippen LogP contribution in [0, 0.1) is 34.5 Å². The van der Waals surface area contributed by atoms with Crippen LogP contribution in [-0.2, 0) is 4.74 Å². The van der Waals surface area contributed by atoms with Crippen molar-refractivity contribution in [3.8, 4) is 0 Å². The number of hydrogen-bond acceptors (Lipinski definition) is 2. The summed E-state index contributed by atoms with van der Waals surface area (Å²) in [5.41, 5.74) is 2.47. The van der Waals surface area contributed by atoms with Gasteiger partial charge in [-0.05, 0) is 104 Å². The topological polar surface area (TPSA) is 32.8 Å². The Morgan fingerprint density at radius 3 is 2.54 bits per heavy atom. The smallest absolute Gasteiger partial charge is 0.145 e. The van der Waals surface area contributed by atoms with E-state index in [0.717, 1.165) is 36.7 Å². The molecule has 5 aliphatic rings. The molecule has 7 atom stereocenters. The first kappa shape index (κ1) is 15.7. The van der Waals surface area contributed by atoms with Gasteiger partial charge in [0.25, 0.3) is 0 Å². The van der Waals surface area contributed by atoms with Gasteiger partial charge in [-0.15, -0.1) is 0 Å². The van der Waals surface area contributed by atoms with Gasteiger partial charge in [0.1, 0.15) is 12.4 Å². The van der Waals surface area contributed by atoms with E-state index in [1.165, 1.54) is 63.5 Å². The highest BCUT2D eigenvalue weighted by atomic mass is 16.6. The predicted molar refractivity (Wildman–Crippen MR) is 95.3 cm³/mol. The number of aliphatic hydroxyl groups excluding tert-OH is 1. The maximum absolute atomic E-state index is 10.6. The van der Waals surface area contributed by atoms with Crippen molar-refractivity contribution in [2.75, 3.05) is 6.61 Å². The Labute approximate surface area is 147 Å². The second-order valence-electron chi connectivity index (χ2n) is 9.96. The van der Waals surface area contributed by atoms with Crippen molar-refractivity contribution in [2.24, 2.45) is 34.5 Å². The van der Waals surface area contributed by atoms with E-state index in [0.29, 0.717) is 5.41 Å². The van der Waals surface area contributed by atoms with Crippen molar-refractivity contribution in [3.63, 3.8) is 0 Å². The lowest BCUT2D eigenvalue weighted by Crippen LogP contribution is -2.52. The molecule has 0 spiro atoms. The van der Waals surface area contributed by atoms with E-state index in [4.69, 9.17) is 4.74 Å². The molecule has 2 heteroatoms. The molecule has 0 radical (unpaired) electrons. The Morgan fingerprint density at radius 2 is 1.79 bits per heavy atom. The van der Waals surface area contributed by atoms with E-state index in [1.54, 1.807) is 5.57 Å². The molecular formula is C22H34O2. The van der Waals surface area contributed by atoms with E-state index in [9.17, 15) is 5.11 Å². The van der Waals surface area contributed by atoms with Crippen LogP contribution < -0.4 is 0 Å². The summed E-state index contributed by atoms with van der Waals surface area (Å²) in [4.78, 5) is 0. The fourth-order valence-electron chi connectivity index (χ4n) is 7.92. The van der Waals surface area contributed by atoms with Crippen LogP contribution in [-0.4, -0.2) is 17.8 Å². The van der Waals surface area contributed by atoms with Crippen LogP contribution in [0.1, 0.15) is 78.1 Å². The Morgan fingerprint density at radius 1 is 1.04 bits per heavy atom. The van der Waals surface area contributed by atoms with Crippen molar-refractivity contribution in [2.45, 2.75) is 84.2 Å². The lowest BCUT2D eigenvalue weighted by atomic mass is 9.45. The van der Waals surface area contributed by atoms with E-state index in [-0.39, 0.29) is 11.5 Å². The number of fused-ring (bicyclic) bond motifs is 5. The highest BCUT2D eigenvalue weighted by molar-refractivity contribution is 5.23. The Bertz CT molecular complexity index is 560. The molecule has 5 fully saturated rings. The minimum atomic E-state index is -0.0315. The van der Waals surface area contributed by atoms with Crippen LogP contribution in [0.2, 0.25) is 0 Å². The molecule has 5 unspecified atom stereocenters. The molecule has 0 aromatic carbocycles. The van der Waals surface area contributed by atoms with Gasteiger partial charge in [0.2, 0.25) is 0 Å². The molecule has 1 heterocycles. The van der Waals surface area contributed by atoms with Gasteiger partial charge in [0, 0.05) is 0 Å². The molecule has 0 bridgehead atoms. The number of allylic oxidation sites excluding steroid dienone is 1. The summed E-state index contributed by atoms with van der Waals surface area (Å²) < 4.78 is 5.56. The van der Waals surface area contributed by atoms with Crippen molar-refractivity contribution >= 4 is 0 Å². The molecule has 4 aliphatic carbocycles. The van der Waals surface area contributed by atoms with Crippen molar-refractivity contribution in [1.82, 2.24) is 0 Å². The number of ether oxygens (including phenoxy) is 1. The Balaban J connectivity index is 1.44. The summed E-state index contributed by atoms with van der Waals surface area (Å²) in [5, 5.41) is 10.6. The summed E-state index contributed by atoms with van der Waals surface area (Å²) in [7, 11) is 0. The predicted octanol–water partition coefficient (Wildman–Crippen LogP) is 5.06. The maximum atomic E-state index is 10.6. The first-order valence-corrected chi connectivity index (χ1v) is 10.6. The third-order valence-corrected chi connectivity index (χ3v) is 9.43. The van der Waals surface area contributed by atoms with Gasteiger partial charge in [0.05, 0.1) is 6.10 Å². The van der Waals surface area contributed by atoms with Gasteiger partial charge < -0.3 is 9.84 Å². The fraction of sp³-hybridized carbons (Fsp3) is 0.909. The summed E-state index contributed by atoms with van der Waals surface area (Å²) in [6, 6.07) is 0. The third kappa shape index (κ3) is 2.04. The number of hydrogen-bond donors (Lipinski definition) is 1. The summed E-state index contributed by atoms with van der Waals surface area (Å²) >= 11 is 0. The molecule has 2 nitrogen and oxygen atoms in total. The Hall–Kier alpha value is -0.500. The lowest BCUT2D eigenvalue weighted by molar-refractivity contribution is -0.108. The van der Waals surface area contributed by atoms with Crippen LogP contribution in [0.15, 0.2) is 11.3 Å². The van der Waals surface area contributed by atoms with Crippen LogP contribution in [0.25, 0.3) is 0 Å². The largest absolute Gasteiger partial charge is 0.486 e. The molecule has 24 heavy (non-hydrogen) atoms.